The molecule has 0 saturated heterocycles. The molecule has 1 N–H and O–H groups in total. The number of hydrogen-bond acceptors (Lipinski definition) is 3. The summed E-state index contributed by atoms with van der Waals surface area (Å²) >= 11 is 12.5. The number of para-hydroxylation sites is 1. The summed E-state index contributed by atoms with van der Waals surface area (Å²) in [5.41, 5.74) is 0.559. The molecular formula is C23H26Cl2N2O3S. The highest BCUT2D eigenvalue weighted by atomic mass is 35.5. The van der Waals surface area contributed by atoms with Crippen LogP contribution in [0.1, 0.15) is 42.5 Å². The second kappa shape index (κ2) is 10.5. The van der Waals surface area contributed by atoms with Crippen LogP contribution in [0.15, 0.2) is 60.0 Å². The van der Waals surface area contributed by atoms with Gasteiger partial charge in [-0.3, -0.25) is 9.10 Å². The van der Waals surface area contributed by atoms with Crippen molar-refractivity contribution in [3.05, 3.63) is 70.7 Å². The standard InChI is InChI=1S/C23H26Cl2N2O3S/c1-2-14-27(21-11-7-6-10-19(21)24)31(29,30)22-15-18(12-13-20(22)25)23(28)26-16-17-8-4-3-5-9-17/h2,6-7,10-13,15,17H,1,3-5,8-9,14,16H2,(H,26,28). The van der Waals surface area contributed by atoms with Gasteiger partial charge in [0.05, 0.1) is 22.3 Å². The Hall–Kier alpha value is -2.02. The third-order valence-electron chi connectivity index (χ3n) is 5.45. The number of rotatable bonds is 8. The lowest BCUT2D eigenvalue weighted by Gasteiger charge is -2.25. The number of sulfonamides is 1. The quantitative estimate of drug-likeness (QED) is 0.493. The highest BCUT2D eigenvalue weighted by Crippen LogP contribution is 2.33. The fourth-order valence-corrected chi connectivity index (χ4v) is 6.03. The molecule has 1 aliphatic carbocycles. The first-order chi connectivity index (χ1) is 14.8. The number of amides is 1. The van der Waals surface area contributed by atoms with Gasteiger partial charge >= 0.3 is 0 Å². The summed E-state index contributed by atoms with van der Waals surface area (Å²) in [6, 6.07) is 10.9. The molecule has 0 heterocycles. The molecule has 0 atom stereocenters. The SMILES string of the molecule is C=CCN(c1ccccc1Cl)S(=O)(=O)c1cc(C(=O)NCC2CCCCC2)ccc1Cl. The summed E-state index contributed by atoms with van der Waals surface area (Å²) in [5.74, 6) is 0.156. The first-order valence-electron chi connectivity index (χ1n) is 10.3. The van der Waals surface area contributed by atoms with E-state index >= 15 is 0 Å². The largest absolute Gasteiger partial charge is 0.352 e. The molecule has 2 aromatic rings. The van der Waals surface area contributed by atoms with Gasteiger partial charge in [-0.2, -0.15) is 0 Å². The molecule has 5 nitrogen and oxygen atoms in total. The van der Waals surface area contributed by atoms with Crippen molar-refractivity contribution in [2.24, 2.45) is 5.92 Å². The van der Waals surface area contributed by atoms with Crippen LogP contribution in [0, 0.1) is 5.92 Å². The molecule has 0 unspecified atom stereocenters. The van der Waals surface area contributed by atoms with Crippen LogP contribution in [0.4, 0.5) is 5.69 Å². The molecular weight excluding hydrogens is 455 g/mol. The van der Waals surface area contributed by atoms with Gasteiger partial charge in [0.25, 0.3) is 15.9 Å². The maximum Gasteiger partial charge on any atom is 0.266 e. The van der Waals surface area contributed by atoms with Crippen LogP contribution in [0.2, 0.25) is 10.0 Å². The highest BCUT2D eigenvalue weighted by molar-refractivity contribution is 7.93. The lowest BCUT2D eigenvalue weighted by atomic mass is 9.89. The zero-order valence-electron chi connectivity index (χ0n) is 17.2. The van der Waals surface area contributed by atoms with E-state index in [9.17, 15) is 13.2 Å². The second-order valence-electron chi connectivity index (χ2n) is 7.64. The van der Waals surface area contributed by atoms with Gasteiger partial charge in [-0.05, 0) is 49.1 Å². The Morgan fingerprint density at radius 1 is 1.10 bits per heavy atom. The van der Waals surface area contributed by atoms with Crippen molar-refractivity contribution in [3.63, 3.8) is 0 Å². The third kappa shape index (κ3) is 5.62. The number of carbonyl (C=O) groups is 1. The lowest BCUT2D eigenvalue weighted by Crippen LogP contribution is -2.32. The topological polar surface area (TPSA) is 66.5 Å². The normalized spacial score (nSPS) is 14.8. The number of halogens is 2. The fourth-order valence-electron chi connectivity index (χ4n) is 3.79. The molecule has 0 aliphatic heterocycles. The van der Waals surface area contributed by atoms with Gasteiger partial charge in [-0.15, -0.1) is 6.58 Å². The monoisotopic (exact) mass is 480 g/mol. The summed E-state index contributed by atoms with van der Waals surface area (Å²) < 4.78 is 28.1. The van der Waals surface area contributed by atoms with Crippen molar-refractivity contribution in [3.8, 4) is 0 Å². The molecule has 31 heavy (non-hydrogen) atoms. The molecule has 0 radical (unpaired) electrons. The molecule has 0 aromatic heterocycles. The maximum absolute atomic E-state index is 13.5. The van der Waals surface area contributed by atoms with Gasteiger partial charge in [0.1, 0.15) is 4.90 Å². The average molecular weight is 481 g/mol. The van der Waals surface area contributed by atoms with Crippen molar-refractivity contribution in [1.82, 2.24) is 5.32 Å². The molecule has 1 aliphatic rings. The Morgan fingerprint density at radius 3 is 2.48 bits per heavy atom. The van der Waals surface area contributed by atoms with Crippen LogP contribution in [-0.2, 0) is 10.0 Å². The summed E-state index contributed by atoms with van der Waals surface area (Å²) in [4.78, 5) is 12.5. The van der Waals surface area contributed by atoms with Crippen LogP contribution >= 0.6 is 23.2 Å². The second-order valence-corrected chi connectivity index (χ2v) is 10.3. The average Bonchev–Trinajstić information content (AvgIpc) is 2.77. The molecule has 3 rings (SSSR count). The smallest absolute Gasteiger partial charge is 0.266 e. The number of hydrogen-bond donors (Lipinski definition) is 1. The molecule has 0 bridgehead atoms. The van der Waals surface area contributed by atoms with E-state index in [1.807, 2.05) is 0 Å². The predicted octanol–water partition coefficient (Wildman–Crippen LogP) is 5.68. The predicted molar refractivity (Wildman–Crippen MR) is 127 cm³/mol. The Labute approximate surface area is 194 Å². The van der Waals surface area contributed by atoms with Crippen LogP contribution in [0.25, 0.3) is 0 Å². The van der Waals surface area contributed by atoms with Crippen molar-refractivity contribution in [1.29, 1.82) is 0 Å². The van der Waals surface area contributed by atoms with Crippen LogP contribution in [-0.4, -0.2) is 27.4 Å². The van der Waals surface area contributed by atoms with E-state index in [1.165, 1.54) is 43.5 Å². The van der Waals surface area contributed by atoms with E-state index < -0.39 is 10.0 Å². The highest BCUT2D eigenvalue weighted by Gasteiger charge is 2.29. The summed E-state index contributed by atoms with van der Waals surface area (Å²) in [6.07, 6.45) is 7.30. The Morgan fingerprint density at radius 2 is 1.81 bits per heavy atom. The van der Waals surface area contributed by atoms with E-state index in [4.69, 9.17) is 23.2 Å². The fraction of sp³-hybridized carbons (Fsp3) is 0.348. The van der Waals surface area contributed by atoms with E-state index in [0.717, 1.165) is 17.1 Å². The lowest BCUT2D eigenvalue weighted by molar-refractivity contribution is 0.0943. The molecule has 1 amide bonds. The van der Waals surface area contributed by atoms with Gasteiger partial charge in [0.2, 0.25) is 0 Å². The summed E-state index contributed by atoms with van der Waals surface area (Å²) in [5, 5.41) is 3.25. The van der Waals surface area contributed by atoms with Gasteiger partial charge in [-0.1, -0.05) is 60.7 Å². The van der Waals surface area contributed by atoms with Crippen molar-refractivity contribution in [2.45, 2.75) is 37.0 Å². The van der Waals surface area contributed by atoms with Crippen LogP contribution < -0.4 is 9.62 Å². The van der Waals surface area contributed by atoms with Crippen LogP contribution in [0.3, 0.4) is 0 Å². The van der Waals surface area contributed by atoms with E-state index in [1.54, 1.807) is 24.3 Å². The molecule has 1 fully saturated rings. The van der Waals surface area contributed by atoms with E-state index in [-0.39, 0.29) is 33.0 Å². The molecule has 8 heteroatoms. The first kappa shape index (κ1) is 23.6. The number of nitrogens with zero attached hydrogens (tertiary/aromatic N) is 1. The molecule has 1 saturated carbocycles. The Kier molecular flexibility index (Phi) is 8.03. The Balaban J connectivity index is 1.88. The number of benzene rings is 2. The maximum atomic E-state index is 13.5. The van der Waals surface area contributed by atoms with Crippen molar-refractivity contribution in [2.75, 3.05) is 17.4 Å². The van der Waals surface area contributed by atoms with Crippen molar-refractivity contribution >= 4 is 44.8 Å². The minimum Gasteiger partial charge on any atom is -0.352 e. The zero-order valence-corrected chi connectivity index (χ0v) is 19.5. The first-order valence-corrected chi connectivity index (χ1v) is 12.5. The van der Waals surface area contributed by atoms with Crippen LogP contribution in [0.5, 0.6) is 0 Å². The molecule has 166 valence electrons. The minimum atomic E-state index is -4.10. The summed E-state index contributed by atoms with van der Waals surface area (Å²) in [7, 11) is -4.10. The van der Waals surface area contributed by atoms with E-state index in [0.29, 0.717) is 18.2 Å². The number of carbonyl (C=O) groups excluding carboxylic acids is 1. The zero-order chi connectivity index (χ0) is 22.4. The van der Waals surface area contributed by atoms with Gasteiger partial charge in [-0.25, -0.2) is 8.42 Å². The molecule has 2 aromatic carbocycles. The third-order valence-corrected chi connectivity index (χ3v) is 8.03. The number of anilines is 1. The molecule has 0 spiro atoms. The van der Waals surface area contributed by atoms with Gasteiger partial charge < -0.3 is 5.32 Å². The minimum absolute atomic E-state index is 0.000496. The Bertz CT molecular complexity index is 1050. The summed E-state index contributed by atoms with van der Waals surface area (Å²) in [6.45, 7) is 4.24. The number of nitrogens with one attached hydrogen (secondary N) is 1. The van der Waals surface area contributed by atoms with E-state index in [2.05, 4.69) is 11.9 Å². The van der Waals surface area contributed by atoms with Gasteiger partial charge in [0, 0.05) is 12.1 Å². The van der Waals surface area contributed by atoms with Gasteiger partial charge in [0.15, 0.2) is 0 Å². The van der Waals surface area contributed by atoms with Crippen molar-refractivity contribution < 1.29 is 13.2 Å².